The maximum absolute atomic E-state index is 3.31. The first kappa shape index (κ1) is 13.6. The van der Waals surface area contributed by atoms with E-state index in [4.69, 9.17) is 0 Å². The van der Waals surface area contributed by atoms with E-state index in [0.717, 1.165) is 19.5 Å². The Balaban J connectivity index is 3.63. The molecule has 0 unspecified atom stereocenters. The molecule has 13 heavy (non-hydrogen) atoms. The predicted molar refractivity (Wildman–Crippen MR) is 75.5 cm³/mol. The van der Waals surface area contributed by atoms with Gasteiger partial charge in [-0.1, -0.05) is 0 Å². The minimum atomic E-state index is 0.962. The van der Waals surface area contributed by atoms with Crippen molar-refractivity contribution < 1.29 is 0 Å². The van der Waals surface area contributed by atoms with Gasteiger partial charge in [-0.2, -0.15) is 0 Å². The van der Waals surface area contributed by atoms with Crippen LogP contribution in [0.1, 0.15) is 6.42 Å². The van der Waals surface area contributed by atoms with Gasteiger partial charge in [0.1, 0.15) is 0 Å². The van der Waals surface area contributed by atoms with Crippen LogP contribution in [-0.2, 0) is 0 Å². The topological polar surface area (TPSA) is 6.48 Å². The molecule has 6 heteroatoms. The molecule has 0 rings (SSSR count). The summed E-state index contributed by atoms with van der Waals surface area (Å²) in [6.45, 7) is 1.92. The van der Waals surface area contributed by atoms with E-state index in [0.29, 0.717) is 0 Å². The Hall–Kier alpha value is 0.600. The van der Waals surface area contributed by atoms with Gasteiger partial charge in [-0.25, -0.2) is 0 Å². The zero-order chi connectivity index (χ0) is 10.1. The van der Waals surface area contributed by atoms with Crippen molar-refractivity contribution in [3.63, 3.8) is 0 Å². The number of rotatable bonds is 8. The Morgan fingerprint density at radius 2 is 1.00 bits per heavy atom. The third-order valence-electron chi connectivity index (χ3n) is 1.50. The van der Waals surface area contributed by atoms with Crippen LogP contribution in [0.5, 0.6) is 0 Å². The number of nitrogens with zero attached hydrogens (tertiary/aromatic N) is 2. The minimum Gasteiger partial charge on any atom is -0.251 e. The predicted octanol–water partition coefficient (Wildman–Crippen LogP) is 1.59. The standard InChI is InChI=1S/C7H14N2P4/c10-4-8(5-11)2-1-3-9(6-12)7-13/h4-7,10-13H,1-3H2. The normalized spacial score (nSPS) is 10.0. The molecular formula is C7H14N2P4. The number of hydrogen-bond acceptors (Lipinski definition) is 0. The molecule has 0 bridgehead atoms. The lowest BCUT2D eigenvalue weighted by Crippen LogP contribution is -2.25. The van der Waals surface area contributed by atoms with E-state index in [1.54, 1.807) is 0 Å². The van der Waals surface area contributed by atoms with E-state index in [2.05, 4.69) is 35.5 Å². The zero-order valence-corrected chi connectivity index (χ0v) is 11.3. The highest BCUT2D eigenvalue weighted by atomic mass is 31.0. The first-order valence-electron chi connectivity index (χ1n) is 3.82. The fourth-order valence-electron chi connectivity index (χ4n) is 0.769. The van der Waals surface area contributed by atoms with Crippen LogP contribution in [0.2, 0.25) is 0 Å². The average molecular weight is 250 g/mol. The molecule has 0 saturated carbocycles. The second-order valence-electron chi connectivity index (χ2n) is 2.35. The van der Waals surface area contributed by atoms with E-state index < -0.39 is 0 Å². The summed E-state index contributed by atoms with van der Waals surface area (Å²) in [5, 5.41) is 0. The van der Waals surface area contributed by atoms with Crippen LogP contribution in [0.3, 0.4) is 0 Å². The van der Waals surface area contributed by atoms with Crippen molar-refractivity contribution in [2.24, 2.45) is 0 Å². The van der Waals surface area contributed by atoms with Gasteiger partial charge in [0.25, 0.3) is 0 Å². The van der Waals surface area contributed by atoms with Gasteiger partial charge in [0.2, 0.25) is 0 Å². The van der Waals surface area contributed by atoms with Crippen molar-refractivity contribution in [1.29, 1.82) is 0 Å². The second kappa shape index (κ2) is 9.17. The summed E-state index contributed by atoms with van der Waals surface area (Å²) in [5.41, 5.74) is 0. The van der Waals surface area contributed by atoms with Gasteiger partial charge in [0.15, 0.2) is 0 Å². The minimum absolute atomic E-state index is 0.962. The third-order valence-corrected chi connectivity index (χ3v) is 2.82. The van der Waals surface area contributed by atoms with E-state index >= 15 is 0 Å². The van der Waals surface area contributed by atoms with Crippen molar-refractivity contribution >= 4 is 59.1 Å². The van der Waals surface area contributed by atoms with Gasteiger partial charge in [-0.3, -0.25) is 9.80 Å². The second-order valence-corrected chi connectivity index (χ2v) is 3.38. The molecule has 0 heterocycles. The smallest absolute Gasteiger partial charge is 0.00880 e. The monoisotopic (exact) mass is 250 g/mol. The highest BCUT2D eigenvalue weighted by Crippen LogP contribution is 1.91. The van der Waals surface area contributed by atoms with Crippen molar-refractivity contribution in [1.82, 2.24) is 9.80 Å². The van der Waals surface area contributed by atoms with Crippen LogP contribution in [0.4, 0.5) is 0 Å². The molecule has 0 N–H and O–H groups in total. The molecule has 0 aliphatic carbocycles. The molecular weight excluding hydrogens is 236 g/mol. The fourth-order valence-corrected chi connectivity index (χ4v) is 1.88. The van der Waals surface area contributed by atoms with E-state index in [-0.39, 0.29) is 0 Å². The molecule has 0 aromatic carbocycles. The molecule has 0 atom stereocenters. The van der Waals surface area contributed by atoms with Gasteiger partial charge < -0.3 is 0 Å². The molecule has 0 amide bonds. The van der Waals surface area contributed by atoms with Crippen LogP contribution < -0.4 is 0 Å². The molecule has 0 fully saturated rings. The van der Waals surface area contributed by atoms with Crippen LogP contribution in [0.15, 0.2) is 0 Å². The molecule has 0 spiro atoms. The lowest BCUT2D eigenvalue weighted by atomic mass is 10.4. The van der Waals surface area contributed by atoms with E-state index in [9.17, 15) is 0 Å². The van der Waals surface area contributed by atoms with E-state index in [1.807, 2.05) is 33.5 Å². The van der Waals surface area contributed by atoms with Gasteiger partial charge in [0, 0.05) is 36.8 Å². The molecule has 0 aliphatic rings. The highest BCUT2D eigenvalue weighted by molar-refractivity contribution is 7.20. The number of hydrogen-bond donors (Lipinski definition) is 0. The van der Waals surface area contributed by atoms with Gasteiger partial charge in [0.05, 0.1) is 0 Å². The van der Waals surface area contributed by atoms with Crippen molar-refractivity contribution in [3.8, 4) is 0 Å². The molecule has 2 nitrogen and oxygen atoms in total. The summed E-state index contributed by atoms with van der Waals surface area (Å²) in [5.74, 6) is 7.36. The van der Waals surface area contributed by atoms with Crippen molar-refractivity contribution in [2.45, 2.75) is 6.42 Å². The van der Waals surface area contributed by atoms with Crippen LogP contribution in [-0.4, -0.2) is 46.6 Å². The summed E-state index contributed by atoms with van der Waals surface area (Å²) >= 11 is 0. The van der Waals surface area contributed by atoms with Gasteiger partial charge >= 0.3 is 0 Å². The Morgan fingerprint density at radius 1 is 0.692 bits per heavy atom. The molecule has 0 aromatic heterocycles. The molecule has 72 valence electrons. The van der Waals surface area contributed by atoms with Gasteiger partial charge in [-0.05, 0) is 6.42 Å². The average Bonchev–Trinajstić information content (AvgIpc) is 2.19. The third kappa shape index (κ3) is 6.64. The van der Waals surface area contributed by atoms with E-state index in [1.165, 1.54) is 0 Å². The fraction of sp³-hybridized carbons (Fsp3) is 0.429. The largest absolute Gasteiger partial charge is 0.251 e. The Bertz CT molecular complexity index is 159. The Labute approximate surface area is 88.8 Å². The molecule has 0 radical (unpaired) electrons. The molecule has 0 aromatic rings. The summed E-state index contributed by atoms with van der Waals surface area (Å²) in [7, 11) is 13.3. The summed E-state index contributed by atoms with van der Waals surface area (Å²) in [6.07, 6.45) is 1.06. The quantitative estimate of drug-likeness (QED) is 0.603. The van der Waals surface area contributed by atoms with Gasteiger partial charge in [-0.15, -0.1) is 35.5 Å². The van der Waals surface area contributed by atoms with Crippen molar-refractivity contribution in [3.05, 3.63) is 0 Å². The molecule has 0 aliphatic heterocycles. The Morgan fingerprint density at radius 3 is 1.23 bits per heavy atom. The lowest BCUT2D eigenvalue weighted by Gasteiger charge is -2.14. The maximum Gasteiger partial charge on any atom is 0.00880 e. The van der Waals surface area contributed by atoms with Crippen molar-refractivity contribution in [2.75, 3.05) is 13.1 Å². The summed E-state index contributed by atoms with van der Waals surface area (Å²) in [6, 6.07) is 0. The van der Waals surface area contributed by atoms with Crippen LogP contribution in [0.25, 0.3) is 0 Å². The SMILES string of the molecule is P=CN(C=P)CCCN(C=P)C=P. The molecule has 0 saturated heterocycles. The lowest BCUT2D eigenvalue weighted by molar-refractivity contribution is 0.544. The highest BCUT2D eigenvalue weighted by Gasteiger charge is 1.97. The van der Waals surface area contributed by atoms with Crippen LogP contribution >= 0.6 is 35.5 Å². The summed E-state index contributed by atoms with van der Waals surface area (Å²) < 4.78 is 0. The summed E-state index contributed by atoms with van der Waals surface area (Å²) in [4.78, 5) is 4.01. The first-order chi connectivity index (χ1) is 6.28. The Kier molecular flexibility index (Phi) is 9.59. The zero-order valence-electron chi connectivity index (χ0n) is 7.33. The first-order valence-corrected chi connectivity index (χ1v) is 6.13. The maximum atomic E-state index is 3.31. The van der Waals surface area contributed by atoms with Crippen LogP contribution in [0, 0.1) is 0 Å².